The molecule has 43 heavy (non-hydrogen) atoms. The molecule has 4 aromatic rings. The first-order valence-corrected chi connectivity index (χ1v) is 13.4. The monoisotopic (exact) mass is 633 g/mol. The first-order chi connectivity index (χ1) is 20.5. The minimum atomic E-state index is -4.97. The van der Waals surface area contributed by atoms with Crippen LogP contribution in [-0.2, 0) is 21.9 Å². The number of phenolic OH excluding ortho intramolecular Hbond substituents is 1. The summed E-state index contributed by atoms with van der Waals surface area (Å²) in [7, 11) is 0. The number of fused-ring (bicyclic) bond motifs is 1. The third-order valence-electron chi connectivity index (χ3n) is 6.83. The Morgan fingerprint density at radius 3 is 2.44 bits per heavy atom. The van der Waals surface area contributed by atoms with Crippen LogP contribution in [0.1, 0.15) is 33.5 Å². The van der Waals surface area contributed by atoms with E-state index in [1.807, 2.05) is 0 Å². The molecule has 1 amide bonds. The van der Waals surface area contributed by atoms with Gasteiger partial charge in [0.15, 0.2) is 5.82 Å². The Bertz CT molecular complexity index is 1740. The highest BCUT2D eigenvalue weighted by molar-refractivity contribution is 6.35. The Balaban J connectivity index is 1.34. The van der Waals surface area contributed by atoms with Crippen LogP contribution in [0.2, 0.25) is 10.0 Å². The molecule has 2 N–H and O–H groups in total. The highest BCUT2D eigenvalue weighted by atomic mass is 35.5. The second kappa shape index (κ2) is 12.1. The molecule has 1 heterocycles. The fourth-order valence-electron chi connectivity index (χ4n) is 4.65. The maximum Gasteiger partial charge on any atom is 0.435 e. The van der Waals surface area contributed by atoms with Crippen LogP contribution in [-0.4, -0.2) is 35.7 Å². The van der Waals surface area contributed by atoms with Gasteiger partial charge in [-0.25, -0.2) is 4.39 Å². The smallest absolute Gasteiger partial charge is 0.435 e. The number of alkyl halides is 3. The van der Waals surface area contributed by atoms with Crippen LogP contribution < -0.4 is 5.32 Å². The molecule has 13 heteroatoms. The van der Waals surface area contributed by atoms with Crippen LogP contribution in [0.3, 0.4) is 0 Å². The lowest BCUT2D eigenvalue weighted by molar-refractivity contribution is -0.275. The first-order valence-electron chi connectivity index (χ1n) is 12.7. The first kappa shape index (κ1) is 30.1. The third kappa shape index (κ3) is 5.95. The Morgan fingerprint density at radius 1 is 1.07 bits per heavy atom. The van der Waals surface area contributed by atoms with Gasteiger partial charge in [0.1, 0.15) is 12.4 Å². The number of carbonyl (C=O) groups is 1. The molecule has 4 aromatic carbocycles. The van der Waals surface area contributed by atoms with E-state index in [-0.39, 0.29) is 30.2 Å². The minimum Gasteiger partial charge on any atom is -0.508 e. The summed E-state index contributed by atoms with van der Waals surface area (Å²) in [4.78, 5) is 23.2. The number of benzene rings is 4. The van der Waals surface area contributed by atoms with Crippen LogP contribution in [0.5, 0.6) is 5.75 Å². The lowest BCUT2D eigenvalue weighted by Gasteiger charge is -2.29. The summed E-state index contributed by atoms with van der Waals surface area (Å²) in [6.07, 6.45) is -4.38. The van der Waals surface area contributed by atoms with Crippen molar-refractivity contribution < 1.29 is 37.1 Å². The van der Waals surface area contributed by atoms with Gasteiger partial charge in [-0.1, -0.05) is 82.0 Å². The van der Waals surface area contributed by atoms with Gasteiger partial charge in [-0.2, -0.15) is 13.2 Å². The molecule has 1 atom stereocenters. The van der Waals surface area contributed by atoms with E-state index >= 15 is 0 Å². The highest BCUT2D eigenvalue weighted by Crippen LogP contribution is 2.50. The van der Waals surface area contributed by atoms with Crippen LogP contribution in [0.4, 0.5) is 17.6 Å². The zero-order valence-electron chi connectivity index (χ0n) is 22.0. The maximum atomic E-state index is 14.5. The van der Waals surface area contributed by atoms with Crippen LogP contribution >= 0.6 is 23.2 Å². The summed E-state index contributed by atoms with van der Waals surface area (Å²) in [5.74, 6) is -1.43. The summed E-state index contributed by atoms with van der Waals surface area (Å²) in [6.45, 7) is 0.0564. The van der Waals surface area contributed by atoms with E-state index in [9.17, 15) is 27.5 Å². The van der Waals surface area contributed by atoms with E-state index in [4.69, 9.17) is 32.9 Å². The molecule has 0 bridgehead atoms. The van der Waals surface area contributed by atoms with Gasteiger partial charge in [0, 0.05) is 28.7 Å². The topological polar surface area (TPSA) is 92.5 Å². The lowest BCUT2D eigenvalue weighted by atomic mass is 9.85. The zero-order valence-corrected chi connectivity index (χ0v) is 23.5. The number of rotatable bonds is 8. The van der Waals surface area contributed by atoms with Crippen molar-refractivity contribution in [3.8, 4) is 5.75 Å². The lowest BCUT2D eigenvalue weighted by Crippen LogP contribution is -2.42. The van der Waals surface area contributed by atoms with Gasteiger partial charge >= 0.3 is 6.18 Å². The number of amides is 1. The number of halogens is 6. The molecule has 0 spiro atoms. The summed E-state index contributed by atoms with van der Waals surface area (Å²) < 4.78 is 57.4. The molecule has 0 radical (unpaired) electrons. The van der Waals surface area contributed by atoms with Crippen molar-refractivity contribution in [1.29, 1.82) is 0 Å². The summed E-state index contributed by atoms with van der Waals surface area (Å²) >= 11 is 11.6. The van der Waals surface area contributed by atoms with Crippen LogP contribution in [0.15, 0.2) is 83.1 Å². The van der Waals surface area contributed by atoms with Crippen LogP contribution in [0, 0.1) is 5.82 Å². The Morgan fingerprint density at radius 2 is 1.74 bits per heavy atom. The largest absolute Gasteiger partial charge is 0.508 e. The molecule has 0 aliphatic carbocycles. The van der Waals surface area contributed by atoms with Crippen molar-refractivity contribution >= 4 is 51.8 Å². The van der Waals surface area contributed by atoms with E-state index < -0.39 is 45.5 Å². The minimum absolute atomic E-state index is 0.0210. The van der Waals surface area contributed by atoms with Crippen molar-refractivity contribution in [1.82, 2.24) is 5.32 Å². The van der Waals surface area contributed by atoms with E-state index in [0.29, 0.717) is 21.9 Å². The van der Waals surface area contributed by atoms with Crippen molar-refractivity contribution in [2.75, 3.05) is 6.54 Å². The maximum absolute atomic E-state index is 14.5. The molecule has 1 unspecified atom stereocenters. The Hall–Kier alpha value is -4.35. The van der Waals surface area contributed by atoms with Crippen molar-refractivity contribution in [3.05, 3.63) is 111 Å². The highest BCUT2D eigenvalue weighted by Gasteiger charge is 2.62. The van der Waals surface area contributed by atoms with E-state index in [2.05, 4.69) is 15.6 Å². The molecule has 1 aliphatic rings. The second-order valence-corrected chi connectivity index (χ2v) is 10.3. The molecule has 0 aromatic heterocycles. The standard InChI is InChI=1S/C30H21Cl2F4N3O4/c31-23-13-18(14-24(32)27(23)33)29(30(34,35)36)15-25(39-43-29)21-9-10-22(20-7-3-2-6-19(20)21)28(41)37-11-12-38-42-16-17-5-1-4-8-26(17)40/h1-10,12-14,40H,11,15-16H2,(H,37,41). The van der Waals surface area contributed by atoms with E-state index in [1.54, 1.807) is 42.5 Å². The molecular formula is C30H21Cl2F4N3O4. The summed E-state index contributed by atoms with van der Waals surface area (Å²) in [5.41, 5.74) is -2.36. The SMILES string of the molecule is O=C(NCC=NOCc1ccccc1O)c1ccc(C2=NOC(c3cc(Cl)c(F)c(Cl)c3)(C(F)(F)F)C2)c2ccccc12. The molecule has 0 saturated carbocycles. The van der Waals surface area contributed by atoms with Gasteiger partial charge in [0.05, 0.1) is 28.5 Å². The van der Waals surface area contributed by atoms with Gasteiger partial charge in [0.2, 0.25) is 0 Å². The fraction of sp³-hybridized carbons (Fsp3) is 0.167. The molecule has 1 aliphatic heterocycles. The molecule has 222 valence electrons. The number of hydrogen-bond acceptors (Lipinski definition) is 6. The predicted octanol–water partition coefficient (Wildman–Crippen LogP) is 7.51. The fourth-order valence-corrected chi connectivity index (χ4v) is 5.14. The van der Waals surface area contributed by atoms with Crippen molar-refractivity contribution in [3.63, 3.8) is 0 Å². The Labute approximate surface area is 252 Å². The summed E-state index contributed by atoms with van der Waals surface area (Å²) in [5, 5.41) is 19.7. The van der Waals surface area contributed by atoms with E-state index in [1.165, 1.54) is 24.4 Å². The summed E-state index contributed by atoms with van der Waals surface area (Å²) in [6, 6.07) is 17.9. The number of oxime groups is 2. The predicted molar refractivity (Wildman–Crippen MR) is 154 cm³/mol. The number of aromatic hydroxyl groups is 1. The van der Waals surface area contributed by atoms with Crippen molar-refractivity contribution in [2.45, 2.75) is 24.8 Å². The number of carbonyl (C=O) groups excluding carboxylic acids is 1. The number of hydrogen-bond donors (Lipinski definition) is 2. The molecule has 7 nitrogen and oxygen atoms in total. The van der Waals surface area contributed by atoms with Crippen LogP contribution in [0.25, 0.3) is 10.8 Å². The van der Waals surface area contributed by atoms with Gasteiger partial charge in [-0.05, 0) is 35.0 Å². The molecule has 0 fully saturated rings. The number of nitrogens with zero attached hydrogens (tertiary/aromatic N) is 2. The van der Waals surface area contributed by atoms with Gasteiger partial charge in [-0.3, -0.25) is 4.79 Å². The second-order valence-electron chi connectivity index (χ2n) is 9.49. The number of para-hydroxylation sites is 1. The van der Waals surface area contributed by atoms with Gasteiger partial charge < -0.3 is 20.1 Å². The van der Waals surface area contributed by atoms with Gasteiger partial charge in [0.25, 0.3) is 11.5 Å². The number of phenols is 1. The molecular weight excluding hydrogens is 613 g/mol. The van der Waals surface area contributed by atoms with Gasteiger partial charge in [-0.15, -0.1) is 0 Å². The number of nitrogens with one attached hydrogen (secondary N) is 1. The van der Waals surface area contributed by atoms with Crippen molar-refractivity contribution in [2.24, 2.45) is 10.3 Å². The third-order valence-corrected chi connectivity index (χ3v) is 7.38. The quantitative estimate of drug-likeness (QED) is 0.0909. The van der Waals surface area contributed by atoms with E-state index in [0.717, 1.165) is 12.1 Å². The normalized spacial score (nSPS) is 16.7. The zero-order chi connectivity index (χ0) is 30.8. The Kier molecular flexibility index (Phi) is 8.48. The molecule has 5 rings (SSSR count). The average molecular weight is 634 g/mol. The average Bonchev–Trinajstić information content (AvgIpc) is 3.44. The molecule has 0 saturated heterocycles.